The maximum Gasteiger partial charge on any atom is 0.355 e. The predicted molar refractivity (Wildman–Crippen MR) is 53.6 cm³/mol. The zero-order chi connectivity index (χ0) is 10.1. The first-order valence-electron chi connectivity index (χ1n) is 4.55. The number of thiazole rings is 1. The number of nitrogens with zero attached hydrogens (tertiary/aromatic N) is 2. The van der Waals surface area contributed by atoms with E-state index in [1.165, 1.54) is 24.2 Å². The van der Waals surface area contributed by atoms with Gasteiger partial charge in [0.05, 0.1) is 6.54 Å². The number of aromatic carboxylic acids is 1. The van der Waals surface area contributed by atoms with Crippen molar-refractivity contribution < 1.29 is 9.90 Å². The Balaban J connectivity index is 1.98. The Kier molecular flexibility index (Phi) is 2.52. The van der Waals surface area contributed by atoms with Crippen molar-refractivity contribution in [3.05, 3.63) is 16.1 Å². The van der Waals surface area contributed by atoms with Crippen LogP contribution in [0.2, 0.25) is 0 Å². The Hall–Kier alpha value is -0.940. The normalized spacial score (nSPS) is 16.1. The standard InChI is InChI=1S/C9H12N2O2S/c1-11(6-2-3-6)4-8-10-7(5-14-8)9(12)13/h5-6H,2-4H2,1H3,(H,12,13). The van der Waals surface area contributed by atoms with Gasteiger partial charge in [-0.3, -0.25) is 4.90 Å². The Morgan fingerprint density at radius 3 is 3.00 bits per heavy atom. The molecule has 0 atom stereocenters. The van der Waals surface area contributed by atoms with E-state index in [1.807, 2.05) is 0 Å². The van der Waals surface area contributed by atoms with Gasteiger partial charge in [0.1, 0.15) is 5.01 Å². The lowest BCUT2D eigenvalue weighted by molar-refractivity contribution is 0.0691. The van der Waals surface area contributed by atoms with E-state index < -0.39 is 5.97 Å². The molecule has 76 valence electrons. The molecule has 4 nitrogen and oxygen atoms in total. The van der Waals surface area contributed by atoms with Crippen LogP contribution in [0, 0.1) is 0 Å². The Labute approximate surface area is 86.2 Å². The van der Waals surface area contributed by atoms with Gasteiger partial charge in [-0.25, -0.2) is 9.78 Å². The molecule has 2 rings (SSSR count). The number of carboxylic acid groups (broad SMARTS) is 1. The highest BCUT2D eigenvalue weighted by Crippen LogP contribution is 2.27. The van der Waals surface area contributed by atoms with E-state index >= 15 is 0 Å². The lowest BCUT2D eigenvalue weighted by Crippen LogP contribution is -2.19. The summed E-state index contributed by atoms with van der Waals surface area (Å²) in [5, 5.41) is 11.2. The highest BCUT2D eigenvalue weighted by molar-refractivity contribution is 7.09. The number of carbonyl (C=O) groups is 1. The molecule has 1 aromatic rings. The summed E-state index contributed by atoms with van der Waals surface area (Å²) in [4.78, 5) is 16.8. The molecule has 1 aliphatic carbocycles. The maximum absolute atomic E-state index is 10.6. The quantitative estimate of drug-likeness (QED) is 0.820. The van der Waals surface area contributed by atoms with Gasteiger partial charge < -0.3 is 5.11 Å². The van der Waals surface area contributed by atoms with E-state index in [9.17, 15) is 4.79 Å². The monoisotopic (exact) mass is 212 g/mol. The second-order valence-corrected chi connectivity index (χ2v) is 4.52. The fourth-order valence-corrected chi connectivity index (χ4v) is 2.17. The van der Waals surface area contributed by atoms with Crippen LogP contribution in [-0.2, 0) is 6.54 Å². The van der Waals surface area contributed by atoms with Gasteiger partial charge in [0, 0.05) is 11.4 Å². The van der Waals surface area contributed by atoms with Crippen LogP contribution in [0.5, 0.6) is 0 Å². The molecular weight excluding hydrogens is 200 g/mol. The third-order valence-electron chi connectivity index (χ3n) is 2.33. The fraction of sp³-hybridized carbons (Fsp3) is 0.556. The summed E-state index contributed by atoms with van der Waals surface area (Å²) < 4.78 is 0. The Morgan fingerprint density at radius 1 is 1.79 bits per heavy atom. The van der Waals surface area contributed by atoms with E-state index in [1.54, 1.807) is 5.38 Å². The zero-order valence-electron chi connectivity index (χ0n) is 7.93. The fourth-order valence-electron chi connectivity index (χ4n) is 1.34. The second-order valence-electron chi connectivity index (χ2n) is 3.58. The third kappa shape index (κ3) is 2.10. The van der Waals surface area contributed by atoms with E-state index in [-0.39, 0.29) is 5.69 Å². The van der Waals surface area contributed by atoms with Crippen molar-refractivity contribution >= 4 is 17.3 Å². The molecule has 0 amide bonds. The number of hydrogen-bond acceptors (Lipinski definition) is 4. The first-order chi connectivity index (χ1) is 6.66. The van der Waals surface area contributed by atoms with Gasteiger partial charge in [0.25, 0.3) is 0 Å². The van der Waals surface area contributed by atoms with Crippen LogP contribution >= 0.6 is 11.3 Å². The summed E-state index contributed by atoms with van der Waals surface area (Å²) in [6.07, 6.45) is 2.52. The molecule has 1 N–H and O–H groups in total. The Morgan fingerprint density at radius 2 is 2.50 bits per heavy atom. The van der Waals surface area contributed by atoms with E-state index in [0.717, 1.165) is 11.6 Å². The van der Waals surface area contributed by atoms with Crippen molar-refractivity contribution in [3.8, 4) is 0 Å². The van der Waals surface area contributed by atoms with Crippen molar-refractivity contribution in [2.24, 2.45) is 0 Å². The number of aromatic nitrogens is 1. The molecule has 0 aliphatic heterocycles. The molecule has 14 heavy (non-hydrogen) atoms. The number of hydrogen-bond donors (Lipinski definition) is 1. The van der Waals surface area contributed by atoms with Crippen molar-refractivity contribution in [1.29, 1.82) is 0 Å². The minimum Gasteiger partial charge on any atom is -0.476 e. The van der Waals surface area contributed by atoms with Gasteiger partial charge >= 0.3 is 5.97 Å². The molecule has 0 bridgehead atoms. The van der Waals surface area contributed by atoms with Crippen molar-refractivity contribution in [3.63, 3.8) is 0 Å². The molecule has 0 saturated heterocycles. The topological polar surface area (TPSA) is 53.4 Å². The van der Waals surface area contributed by atoms with Gasteiger partial charge in [-0.05, 0) is 19.9 Å². The highest BCUT2D eigenvalue weighted by atomic mass is 32.1. The van der Waals surface area contributed by atoms with Gasteiger partial charge in [0.2, 0.25) is 0 Å². The SMILES string of the molecule is CN(Cc1nc(C(=O)O)cs1)C1CC1. The zero-order valence-corrected chi connectivity index (χ0v) is 8.75. The van der Waals surface area contributed by atoms with Gasteiger partial charge in [-0.1, -0.05) is 0 Å². The second kappa shape index (κ2) is 3.67. The molecule has 1 saturated carbocycles. The predicted octanol–water partition coefficient (Wildman–Crippen LogP) is 1.44. The summed E-state index contributed by atoms with van der Waals surface area (Å²) in [7, 11) is 2.06. The van der Waals surface area contributed by atoms with E-state index in [4.69, 9.17) is 5.11 Å². The van der Waals surface area contributed by atoms with Crippen molar-refractivity contribution in [1.82, 2.24) is 9.88 Å². The molecule has 0 radical (unpaired) electrons. The van der Waals surface area contributed by atoms with Crippen LogP contribution in [0.15, 0.2) is 5.38 Å². The van der Waals surface area contributed by atoms with Crippen LogP contribution in [0.4, 0.5) is 0 Å². The van der Waals surface area contributed by atoms with Crippen LogP contribution < -0.4 is 0 Å². The minimum atomic E-state index is -0.943. The highest BCUT2D eigenvalue weighted by Gasteiger charge is 2.26. The van der Waals surface area contributed by atoms with Crippen LogP contribution in [0.1, 0.15) is 28.3 Å². The van der Waals surface area contributed by atoms with Gasteiger partial charge in [0.15, 0.2) is 5.69 Å². The number of rotatable bonds is 4. The van der Waals surface area contributed by atoms with Gasteiger partial charge in [-0.15, -0.1) is 11.3 Å². The molecule has 1 aromatic heterocycles. The molecule has 1 aliphatic rings. The smallest absolute Gasteiger partial charge is 0.355 e. The summed E-state index contributed by atoms with van der Waals surface area (Å²) in [5.41, 5.74) is 0.161. The molecule has 1 fully saturated rings. The molecule has 1 heterocycles. The first kappa shape index (κ1) is 9.61. The molecule has 5 heteroatoms. The van der Waals surface area contributed by atoms with Crippen LogP contribution in [0.3, 0.4) is 0 Å². The molecular formula is C9H12N2O2S. The van der Waals surface area contributed by atoms with E-state index in [2.05, 4.69) is 16.9 Å². The van der Waals surface area contributed by atoms with Gasteiger partial charge in [-0.2, -0.15) is 0 Å². The summed E-state index contributed by atoms with van der Waals surface area (Å²) >= 11 is 1.42. The average molecular weight is 212 g/mol. The van der Waals surface area contributed by atoms with Crippen molar-refractivity contribution in [2.75, 3.05) is 7.05 Å². The molecule has 0 aromatic carbocycles. The Bertz CT molecular complexity index is 346. The summed E-state index contributed by atoms with van der Waals surface area (Å²) in [5.74, 6) is -0.943. The summed E-state index contributed by atoms with van der Waals surface area (Å²) in [6.45, 7) is 0.766. The lowest BCUT2D eigenvalue weighted by atomic mass is 10.5. The van der Waals surface area contributed by atoms with Crippen molar-refractivity contribution in [2.45, 2.75) is 25.4 Å². The average Bonchev–Trinajstić information content (AvgIpc) is 2.87. The largest absolute Gasteiger partial charge is 0.476 e. The van der Waals surface area contributed by atoms with Crippen LogP contribution in [0.25, 0.3) is 0 Å². The van der Waals surface area contributed by atoms with E-state index in [0.29, 0.717) is 6.04 Å². The maximum atomic E-state index is 10.6. The third-order valence-corrected chi connectivity index (χ3v) is 3.16. The molecule has 0 unspecified atom stereocenters. The summed E-state index contributed by atoms with van der Waals surface area (Å²) in [6, 6.07) is 0.687. The first-order valence-corrected chi connectivity index (χ1v) is 5.42. The number of carboxylic acids is 1. The molecule has 0 spiro atoms. The van der Waals surface area contributed by atoms with Crippen LogP contribution in [-0.4, -0.2) is 34.0 Å². The minimum absolute atomic E-state index is 0.161. The lowest BCUT2D eigenvalue weighted by Gasteiger charge is -2.12.